The van der Waals surface area contributed by atoms with Gasteiger partial charge in [-0.2, -0.15) is 0 Å². The summed E-state index contributed by atoms with van der Waals surface area (Å²) < 4.78 is 0. The molecule has 0 unspecified atom stereocenters. The van der Waals surface area contributed by atoms with Crippen molar-refractivity contribution in [2.24, 2.45) is 0 Å². The van der Waals surface area contributed by atoms with Crippen LogP contribution < -0.4 is 9.80 Å². The molecule has 2 fully saturated rings. The van der Waals surface area contributed by atoms with Crippen LogP contribution in [-0.2, 0) is 4.79 Å². The van der Waals surface area contributed by atoms with Gasteiger partial charge in [0.05, 0.1) is 5.69 Å². The Morgan fingerprint density at radius 2 is 1.65 bits per heavy atom. The molecule has 3 amide bonds. The van der Waals surface area contributed by atoms with E-state index >= 15 is 0 Å². The Morgan fingerprint density at radius 1 is 1.00 bits per heavy atom. The minimum atomic E-state index is -0.216. The summed E-state index contributed by atoms with van der Waals surface area (Å²) in [6.45, 7) is 3.66. The van der Waals surface area contributed by atoms with Crippen LogP contribution in [0.3, 0.4) is 0 Å². The second-order valence-electron chi connectivity index (χ2n) is 6.75. The number of rotatable bonds is 3. The summed E-state index contributed by atoms with van der Waals surface area (Å²) in [5, 5.41) is 0. The fourth-order valence-corrected chi connectivity index (χ4v) is 3.56. The van der Waals surface area contributed by atoms with Crippen LogP contribution in [0, 0.1) is 6.92 Å². The number of imide groups is 1. The van der Waals surface area contributed by atoms with E-state index in [0.29, 0.717) is 5.69 Å². The van der Waals surface area contributed by atoms with E-state index in [1.807, 2.05) is 37.5 Å². The van der Waals surface area contributed by atoms with Gasteiger partial charge in [-0.1, -0.05) is 18.2 Å². The summed E-state index contributed by atoms with van der Waals surface area (Å²) >= 11 is 0. The average molecular weight is 351 g/mol. The third kappa shape index (κ3) is 3.00. The van der Waals surface area contributed by atoms with E-state index in [-0.39, 0.29) is 24.5 Å². The summed E-state index contributed by atoms with van der Waals surface area (Å²) in [5.41, 5.74) is 1.67. The van der Waals surface area contributed by atoms with Gasteiger partial charge in [-0.25, -0.2) is 19.7 Å². The number of benzene rings is 1. The highest BCUT2D eigenvalue weighted by molar-refractivity contribution is 6.19. The first-order valence-corrected chi connectivity index (χ1v) is 8.85. The van der Waals surface area contributed by atoms with Crippen molar-refractivity contribution in [1.29, 1.82) is 0 Å². The molecule has 7 heteroatoms. The standard InChI is InChI=1S/C19H21N5O2/c1-14-11-20-18(21-12-14)22-9-7-15(8-10-22)23-13-17(25)24(19(23)26)16-5-3-2-4-6-16/h2-6,11-12,15H,7-10,13H2,1H3. The summed E-state index contributed by atoms with van der Waals surface area (Å²) in [6.07, 6.45) is 5.24. The number of hydrogen-bond donors (Lipinski definition) is 0. The number of carbonyl (C=O) groups is 2. The Bertz CT molecular complexity index is 800. The van der Waals surface area contributed by atoms with E-state index < -0.39 is 0 Å². The van der Waals surface area contributed by atoms with Crippen molar-refractivity contribution < 1.29 is 9.59 Å². The Kier molecular flexibility index (Phi) is 4.28. The maximum absolute atomic E-state index is 12.8. The molecule has 0 aliphatic carbocycles. The first-order chi connectivity index (χ1) is 12.6. The summed E-state index contributed by atoms with van der Waals surface area (Å²) in [4.78, 5) is 39.1. The van der Waals surface area contributed by atoms with Gasteiger partial charge < -0.3 is 9.80 Å². The zero-order chi connectivity index (χ0) is 18.1. The van der Waals surface area contributed by atoms with Crippen LogP contribution in [0.1, 0.15) is 18.4 Å². The van der Waals surface area contributed by atoms with Crippen molar-refractivity contribution in [3.05, 3.63) is 48.3 Å². The maximum atomic E-state index is 12.8. The number of carbonyl (C=O) groups excluding carboxylic acids is 2. The predicted molar refractivity (Wildman–Crippen MR) is 98.0 cm³/mol. The van der Waals surface area contributed by atoms with Crippen molar-refractivity contribution in [3.8, 4) is 0 Å². The third-order valence-corrected chi connectivity index (χ3v) is 4.96. The second kappa shape index (κ2) is 6.74. The highest BCUT2D eigenvalue weighted by atomic mass is 16.2. The SMILES string of the molecule is Cc1cnc(N2CCC(N3CC(=O)N(c4ccccc4)C3=O)CC2)nc1. The van der Waals surface area contributed by atoms with E-state index in [0.717, 1.165) is 37.4 Å². The van der Waals surface area contributed by atoms with Gasteiger partial charge in [0.25, 0.3) is 5.91 Å². The number of piperidine rings is 1. The Labute approximate surface area is 152 Å². The molecular formula is C19H21N5O2. The quantitative estimate of drug-likeness (QED) is 0.793. The minimum Gasteiger partial charge on any atom is -0.341 e. The van der Waals surface area contributed by atoms with E-state index in [2.05, 4.69) is 14.9 Å². The zero-order valence-corrected chi connectivity index (χ0v) is 14.7. The first kappa shape index (κ1) is 16.5. The van der Waals surface area contributed by atoms with Gasteiger partial charge in [0.15, 0.2) is 0 Å². The van der Waals surface area contributed by atoms with Crippen LogP contribution >= 0.6 is 0 Å². The molecule has 0 radical (unpaired) electrons. The van der Waals surface area contributed by atoms with E-state index in [9.17, 15) is 9.59 Å². The predicted octanol–water partition coefficient (Wildman–Crippen LogP) is 2.22. The monoisotopic (exact) mass is 351 g/mol. The highest BCUT2D eigenvalue weighted by Crippen LogP contribution is 2.27. The number of anilines is 2. The zero-order valence-electron chi connectivity index (χ0n) is 14.7. The molecule has 4 rings (SSSR count). The minimum absolute atomic E-state index is 0.0712. The van der Waals surface area contributed by atoms with Crippen LogP contribution in [0.4, 0.5) is 16.4 Å². The normalized spacial score (nSPS) is 18.7. The molecule has 2 aromatic rings. The molecule has 26 heavy (non-hydrogen) atoms. The van der Waals surface area contributed by atoms with E-state index in [1.165, 1.54) is 4.90 Å². The molecule has 7 nitrogen and oxygen atoms in total. The molecule has 0 N–H and O–H groups in total. The van der Waals surface area contributed by atoms with Crippen LogP contribution in [0.2, 0.25) is 0 Å². The Hall–Kier alpha value is -2.96. The summed E-state index contributed by atoms with van der Waals surface area (Å²) in [6, 6.07) is 8.97. The second-order valence-corrected chi connectivity index (χ2v) is 6.75. The Balaban J connectivity index is 1.42. The third-order valence-electron chi connectivity index (χ3n) is 4.96. The largest absolute Gasteiger partial charge is 0.341 e. The topological polar surface area (TPSA) is 69.6 Å². The lowest BCUT2D eigenvalue weighted by molar-refractivity contribution is -0.116. The fraction of sp³-hybridized carbons (Fsp3) is 0.368. The molecule has 134 valence electrons. The van der Waals surface area contributed by atoms with E-state index in [1.54, 1.807) is 17.0 Å². The number of amides is 3. The van der Waals surface area contributed by atoms with Gasteiger partial charge in [-0.05, 0) is 37.5 Å². The number of hydrogen-bond acceptors (Lipinski definition) is 5. The maximum Gasteiger partial charge on any atom is 0.332 e. The number of aromatic nitrogens is 2. The van der Waals surface area contributed by atoms with Crippen LogP contribution in [0.15, 0.2) is 42.7 Å². The van der Waals surface area contributed by atoms with Crippen LogP contribution in [0.5, 0.6) is 0 Å². The van der Waals surface area contributed by atoms with Gasteiger partial charge in [0, 0.05) is 31.5 Å². The fourth-order valence-electron chi connectivity index (χ4n) is 3.56. The van der Waals surface area contributed by atoms with Crippen LogP contribution in [-0.4, -0.2) is 52.5 Å². The van der Waals surface area contributed by atoms with Crippen molar-refractivity contribution in [2.45, 2.75) is 25.8 Å². The van der Waals surface area contributed by atoms with Gasteiger partial charge in [-0.15, -0.1) is 0 Å². The lowest BCUT2D eigenvalue weighted by Gasteiger charge is -2.36. The number of para-hydroxylation sites is 1. The molecule has 2 saturated heterocycles. The molecular weight excluding hydrogens is 330 g/mol. The average Bonchev–Trinajstić information content (AvgIpc) is 2.97. The number of urea groups is 1. The molecule has 0 bridgehead atoms. The smallest absolute Gasteiger partial charge is 0.332 e. The van der Waals surface area contributed by atoms with Crippen LogP contribution in [0.25, 0.3) is 0 Å². The molecule has 0 atom stereocenters. The lowest BCUT2D eigenvalue weighted by atomic mass is 10.0. The van der Waals surface area contributed by atoms with Crippen molar-refractivity contribution >= 4 is 23.6 Å². The van der Waals surface area contributed by atoms with Gasteiger partial charge in [-0.3, -0.25) is 4.79 Å². The summed E-state index contributed by atoms with van der Waals surface area (Å²) in [5.74, 6) is 0.564. The molecule has 2 aliphatic rings. The Morgan fingerprint density at radius 3 is 2.31 bits per heavy atom. The molecule has 1 aromatic heterocycles. The van der Waals surface area contributed by atoms with Gasteiger partial charge in [0.2, 0.25) is 5.95 Å². The van der Waals surface area contributed by atoms with Gasteiger partial charge in [0.1, 0.15) is 6.54 Å². The van der Waals surface area contributed by atoms with Crippen molar-refractivity contribution in [2.75, 3.05) is 29.4 Å². The first-order valence-electron chi connectivity index (χ1n) is 8.85. The molecule has 2 aliphatic heterocycles. The lowest BCUT2D eigenvalue weighted by Crippen LogP contribution is -2.47. The van der Waals surface area contributed by atoms with Crippen molar-refractivity contribution in [3.63, 3.8) is 0 Å². The van der Waals surface area contributed by atoms with Crippen molar-refractivity contribution in [1.82, 2.24) is 14.9 Å². The number of nitrogens with zero attached hydrogens (tertiary/aromatic N) is 5. The molecule has 3 heterocycles. The summed E-state index contributed by atoms with van der Waals surface area (Å²) in [7, 11) is 0. The highest BCUT2D eigenvalue weighted by Gasteiger charge is 2.41. The molecule has 0 saturated carbocycles. The number of aryl methyl sites for hydroxylation is 1. The molecule has 0 spiro atoms. The van der Waals surface area contributed by atoms with Gasteiger partial charge >= 0.3 is 6.03 Å². The van der Waals surface area contributed by atoms with E-state index in [4.69, 9.17) is 0 Å². The molecule has 1 aromatic carbocycles.